The minimum absolute atomic E-state index is 0.343. The Labute approximate surface area is 110 Å². The molecule has 0 aliphatic rings. The van der Waals surface area contributed by atoms with Gasteiger partial charge in [-0.2, -0.15) is 0 Å². The molecule has 4 heteroatoms. The first-order valence-electron chi connectivity index (χ1n) is 5.95. The molecule has 0 amide bonds. The van der Waals surface area contributed by atoms with Crippen molar-refractivity contribution in [2.24, 2.45) is 0 Å². The number of hydrogen-bond acceptors (Lipinski definition) is 3. The van der Waals surface area contributed by atoms with Gasteiger partial charge in [0.2, 0.25) is 0 Å². The molecule has 0 unspecified atom stereocenters. The van der Waals surface area contributed by atoms with Gasteiger partial charge in [0.15, 0.2) is 0 Å². The maximum absolute atomic E-state index is 11.1. The second-order valence-corrected chi connectivity index (χ2v) is 9.67. The molecule has 96 valence electrons. The number of carbonyl (C=O) groups is 1. The SMILES string of the molecule is C=C(CSC#C[Si](CC)(CC)CC)C(=O)OC. The van der Waals surface area contributed by atoms with Gasteiger partial charge in [0.05, 0.1) is 7.11 Å². The molecule has 0 saturated carbocycles. The van der Waals surface area contributed by atoms with E-state index in [-0.39, 0.29) is 5.97 Å². The van der Waals surface area contributed by atoms with Crippen LogP contribution in [0.15, 0.2) is 12.2 Å². The van der Waals surface area contributed by atoms with Gasteiger partial charge in [-0.1, -0.05) is 39.1 Å². The van der Waals surface area contributed by atoms with Gasteiger partial charge >= 0.3 is 5.97 Å². The monoisotopic (exact) mass is 270 g/mol. The highest BCUT2D eigenvalue weighted by atomic mass is 32.2. The Balaban J connectivity index is 4.29. The van der Waals surface area contributed by atoms with Crippen molar-refractivity contribution < 1.29 is 9.53 Å². The Morgan fingerprint density at radius 1 is 1.29 bits per heavy atom. The topological polar surface area (TPSA) is 26.3 Å². The predicted molar refractivity (Wildman–Crippen MR) is 78.6 cm³/mol. The normalized spacial score (nSPS) is 10.4. The molecule has 17 heavy (non-hydrogen) atoms. The van der Waals surface area contributed by atoms with Gasteiger partial charge in [0.1, 0.15) is 8.07 Å². The van der Waals surface area contributed by atoms with Crippen molar-refractivity contribution in [3.8, 4) is 10.8 Å². The van der Waals surface area contributed by atoms with E-state index in [0.717, 1.165) is 0 Å². The second-order valence-electron chi connectivity index (χ2n) is 3.95. The second kappa shape index (κ2) is 8.43. The van der Waals surface area contributed by atoms with Crippen LogP contribution in [0.25, 0.3) is 0 Å². The van der Waals surface area contributed by atoms with Crippen molar-refractivity contribution >= 4 is 25.8 Å². The van der Waals surface area contributed by atoms with Crippen LogP contribution in [-0.4, -0.2) is 26.9 Å². The molecule has 0 aromatic carbocycles. The Morgan fingerprint density at radius 2 is 1.82 bits per heavy atom. The van der Waals surface area contributed by atoms with Crippen LogP contribution in [0.5, 0.6) is 0 Å². The first-order valence-corrected chi connectivity index (χ1v) is 9.56. The molecule has 0 fully saturated rings. The molecule has 0 bridgehead atoms. The summed E-state index contributed by atoms with van der Waals surface area (Å²) < 4.78 is 4.58. The maximum Gasteiger partial charge on any atom is 0.334 e. The molecule has 0 heterocycles. The third-order valence-electron chi connectivity index (χ3n) is 3.14. The van der Waals surface area contributed by atoms with Gasteiger partial charge in [-0.3, -0.25) is 0 Å². The molecule has 0 aromatic heterocycles. The lowest BCUT2D eigenvalue weighted by molar-refractivity contribution is -0.135. The van der Waals surface area contributed by atoms with Crippen LogP contribution in [0.3, 0.4) is 0 Å². The molecule has 0 rings (SSSR count). The maximum atomic E-state index is 11.1. The van der Waals surface area contributed by atoms with E-state index in [2.05, 4.69) is 42.9 Å². The van der Waals surface area contributed by atoms with Crippen molar-refractivity contribution in [3.63, 3.8) is 0 Å². The first-order chi connectivity index (χ1) is 8.05. The molecule has 0 N–H and O–H groups in total. The summed E-state index contributed by atoms with van der Waals surface area (Å²) in [5, 5.41) is 3.15. The molecule has 2 nitrogen and oxygen atoms in total. The Morgan fingerprint density at radius 3 is 2.24 bits per heavy atom. The van der Waals surface area contributed by atoms with E-state index in [4.69, 9.17) is 0 Å². The highest BCUT2D eigenvalue weighted by Gasteiger charge is 2.24. The summed E-state index contributed by atoms with van der Waals surface area (Å²) in [7, 11) is 0.0154. The van der Waals surface area contributed by atoms with Crippen molar-refractivity contribution in [1.82, 2.24) is 0 Å². The third kappa shape index (κ3) is 5.47. The van der Waals surface area contributed by atoms with Crippen molar-refractivity contribution in [3.05, 3.63) is 12.2 Å². The van der Waals surface area contributed by atoms with Crippen molar-refractivity contribution in [2.45, 2.75) is 38.9 Å². The highest BCUT2D eigenvalue weighted by molar-refractivity contribution is 8.04. The van der Waals surface area contributed by atoms with Crippen LogP contribution >= 0.6 is 11.8 Å². The molecule has 0 aromatic rings. The standard InChI is InChI=1S/C13H22O2SSi/c1-6-17(7-2,8-3)10-9-16-11-12(4)13(14)15-5/h4,6-8,11H2,1-3,5H3. The van der Waals surface area contributed by atoms with Gasteiger partial charge in [0.25, 0.3) is 0 Å². The number of esters is 1. The van der Waals surface area contributed by atoms with Crippen molar-refractivity contribution in [1.29, 1.82) is 0 Å². The Kier molecular flexibility index (Phi) is 8.10. The zero-order valence-corrected chi connectivity index (χ0v) is 13.1. The van der Waals surface area contributed by atoms with Gasteiger partial charge in [0, 0.05) is 11.3 Å². The number of methoxy groups -OCH3 is 1. The summed E-state index contributed by atoms with van der Waals surface area (Å²) in [6.07, 6.45) is 0. The lowest BCUT2D eigenvalue weighted by Crippen LogP contribution is -2.29. The molecule has 0 aliphatic heterocycles. The average molecular weight is 270 g/mol. The number of carbonyl (C=O) groups excluding carboxylic acids is 1. The average Bonchev–Trinajstić information content (AvgIpc) is 2.38. The third-order valence-corrected chi connectivity index (χ3v) is 8.78. The summed E-state index contributed by atoms with van der Waals surface area (Å²) in [5.74, 6) is 0.186. The number of hydrogen-bond donors (Lipinski definition) is 0. The summed E-state index contributed by atoms with van der Waals surface area (Å²) in [6.45, 7) is 10.4. The van der Waals surface area contributed by atoms with E-state index in [1.807, 2.05) is 0 Å². The van der Waals surface area contributed by atoms with E-state index in [9.17, 15) is 4.79 Å². The van der Waals surface area contributed by atoms with Gasteiger partial charge < -0.3 is 4.74 Å². The summed E-state index contributed by atoms with van der Waals surface area (Å²) >= 11 is 1.45. The Hall–Kier alpha value is -0.663. The minimum atomic E-state index is -1.35. The van der Waals surface area contributed by atoms with Crippen LogP contribution in [0.1, 0.15) is 20.8 Å². The fraction of sp³-hybridized carbons (Fsp3) is 0.615. The summed E-state index contributed by atoms with van der Waals surface area (Å²) in [6, 6.07) is 3.60. The quantitative estimate of drug-likeness (QED) is 0.320. The lowest BCUT2D eigenvalue weighted by Gasteiger charge is -2.19. The zero-order valence-electron chi connectivity index (χ0n) is 11.3. The smallest absolute Gasteiger partial charge is 0.334 e. The molecular formula is C13H22O2SSi. The molecule has 0 radical (unpaired) electrons. The van der Waals surface area contributed by atoms with Crippen LogP contribution in [-0.2, 0) is 9.53 Å². The van der Waals surface area contributed by atoms with Gasteiger partial charge in [-0.05, 0) is 23.4 Å². The minimum Gasteiger partial charge on any atom is -0.466 e. The molecule has 0 spiro atoms. The largest absolute Gasteiger partial charge is 0.466 e. The van der Waals surface area contributed by atoms with Crippen molar-refractivity contribution in [2.75, 3.05) is 12.9 Å². The van der Waals surface area contributed by atoms with Gasteiger partial charge in [-0.25, -0.2) is 4.79 Å². The lowest BCUT2D eigenvalue weighted by atomic mass is 10.4. The van der Waals surface area contributed by atoms with Gasteiger partial charge in [-0.15, -0.1) is 5.54 Å². The summed E-state index contributed by atoms with van der Waals surface area (Å²) in [4.78, 5) is 11.1. The fourth-order valence-corrected chi connectivity index (χ4v) is 5.04. The van der Waals surface area contributed by atoms with Crippen LogP contribution in [0, 0.1) is 10.8 Å². The van der Waals surface area contributed by atoms with E-state index < -0.39 is 8.07 Å². The number of ether oxygens (including phenoxy) is 1. The molecule has 0 atom stereocenters. The first kappa shape index (κ1) is 16.3. The molecule has 0 saturated heterocycles. The number of thioether (sulfide) groups is 1. The predicted octanol–water partition coefficient (Wildman–Crippen LogP) is 3.46. The fourth-order valence-electron chi connectivity index (χ4n) is 1.49. The van der Waals surface area contributed by atoms with E-state index >= 15 is 0 Å². The highest BCUT2D eigenvalue weighted by Crippen LogP contribution is 2.19. The molecule has 0 aliphatic carbocycles. The van der Waals surface area contributed by atoms with Crippen LogP contribution < -0.4 is 0 Å². The van der Waals surface area contributed by atoms with Crippen LogP contribution in [0.4, 0.5) is 0 Å². The van der Waals surface area contributed by atoms with E-state index in [1.165, 1.54) is 37.0 Å². The molecular weight excluding hydrogens is 248 g/mol. The summed E-state index contributed by atoms with van der Waals surface area (Å²) in [5.41, 5.74) is 3.93. The van der Waals surface area contributed by atoms with Crippen LogP contribution in [0.2, 0.25) is 18.1 Å². The number of rotatable bonds is 6. The Bertz CT molecular complexity index is 316. The van der Waals surface area contributed by atoms with E-state index in [1.54, 1.807) is 0 Å². The van der Waals surface area contributed by atoms with E-state index in [0.29, 0.717) is 11.3 Å². The zero-order chi connectivity index (χ0) is 13.3.